The lowest BCUT2D eigenvalue weighted by Crippen LogP contribution is -1.89. The van der Waals surface area contributed by atoms with Crippen molar-refractivity contribution in [1.82, 2.24) is 0 Å². The van der Waals surface area contributed by atoms with Crippen LogP contribution in [0.1, 0.15) is 19.4 Å². The lowest BCUT2D eigenvalue weighted by Gasteiger charge is -2.03. The largest absolute Gasteiger partial charge is 0.411 e. The first kappa shape index (κ1) is 10.5. The third kappa shape index (κ3) is 3.05. The predicted molar refractivity (Wildman–Crippen MR) is 59.5 cm³/mol. The van der Waals surface area contributed by atoms with Crippen LogP contribution in [0.2, 0.25) is 0 Å². The molecule has 1 aromatic rings. The van der Waals surface area contributed by atoms with Crippen LogP contribution in [0.25, 0.3) is 5.57 Å². The van der Waals surface area contributed by atoms with Crippen molar-refractivity contribution in [3.63, 3.8) is 0 Å². The highest BCUT2D eigenvalue weighted by Crippen LogP contribution is 2.14. The summed E-state index contributed by atoms with van der Waals surface area (Å²) in [6.45, 7) is 4.18. The Labute approximate surface area is 84.6 Å². The van der Waals surface area contributed by atoms with Crippen LogP contribution >= 0.6 is 0 Å². The minimum absolute atomic E-state index is 0.434. The Morgan fingerprint density at radius 3 is 2.43 bits per heavy atom. The Hall–Kier alpha value is -1.57. The first-order valence-corrected chi connectivity index (χ1v) is 4.68. The van der Waals surface area contributed by atoms with Crippen molar-refractivity contribution in [2.24, 2.45) is 11.1 Å². The van der Waals surface area contributed by atoms with Gasteiger partial charge in [0.05, 0.1) is 6.21 Å². The van der Waals surface area contributed by atoms with E-state index < -0.39 is 0 Å². The third-order valence-electron chi connectivity index (χ3n) is 1.82. The van der Waals surface area contributed by atoms with Gasteiger partial charge in [-0.3, -0.25) is 0 Å². The van der Waals surface area contributed by atoms with E-state index >= 15 is 0 Å². The predicted octanol–water partition coefficient (Wildman–Crippen LogP) is 3.19. The van der Waals surface area contributed by atoms with Crippen LogP contribution in [0.15, 0.2) is 41.6 Å². The molecule has 1 rings (SSSR count). The second-order valence-corrected chi connectivity index (χ2v) is 3.48. The summed E-state index contributed by atoms with van der Waals surface area (Å²) >= 11 is 0. The fraction of sp³-hybridized carbons (Fsp3) is 0.250. The van der Waals surface area contributed by atoms with Crippen LogP contribution in [-0.2, 0) is 0 Å². The SMILES string of the molecule is CC(C)C=C(C=NO)c1ccccc1. The summed E-state index contributed by atoms with van der Waals surface area (Å²) in [5.74, 6) is 0.434. The molecule has 14 heavy (non-hydrogen) atoms. The molecule has 2 heteroatoms. The van der Waals surface area contributed by atoms with Crippen molar-refractivity contribution in [2.75, 3.05) is 0 Å². The van der Waals surface area contributed by atoms with Gasteiger partial charge in [0.2, 0.25) is 0 Å². The minimum Gasteiger partial charge on any atom is -0.411 e. The normalized spacial score (nSPS) is 12.6. The van der Waals surface area contributed by atoms with Gasteiger partial charge in [-0.05, 0) is 17.1 Å². The van der Waals surface area contributed by atoms with E-state index in [4.69, 9.17) is 5.21 Å². The molecule has 0 radical (unpaired) electrons. The smallest absolute Gasteiger partial charge is 0.0736 e. The highest BCUT2D eigenvalue weighted by atomic mass is 16.4. The molecule has 0 saturated carbocycles. The summed E-state index contributed by atoms with van der Waals surface area (Å²) in [5.41, 5.74) is 2.02. The number of allylic oxidation sites excluding steroid dienone is 2. The second kappa shape index (κ2) is 5.22. The molecule has 0 saturated heterocycles. The molecule has 0 bridgehead atoms. The molecule has 0 amide bonds. The van der Waals surface area contributed by atoms with E-state index in [1.165, 1.54) is 6.21 Å². The maximum atomic E-state index is 8.54. The number of hydrogen-bond donors (Lipinski definition) is 1. The summed E-state index contributed by atoms with van der Waals surface area (Å²) < 4.78 is 0. The lowest BCUT2D eigenvalue weighted by molar-refractivity contribution is 0.322. The zero-order valence-electron chi connectivity index (χ0n) is 8.51. The number of oxime groups is 1. The van der Waals surface area contributed by atoms with E-state index in [0.717, 1.165) is 11.1 Å². The quantitative estimate of drug-likeness (QED) is 0.442. The molecule has 2 nitrogen and oxygen atoms in total. The molecule has 0 aliphatic rings. The van der Waals surface area contributed by atoms with Gasteiger partial charge in [0, 0.05) is 0 Å². The summed E-state index contributed by atoms with van der Waals surface area (Å²) in [6.07, 6.45) is 3.53. The standard InChI is InChI=1S/C12H15NO/c1-10(2)8-12(9-13-14)11-6-4-3-5-7-11/h3-10,14H,1-2H3. The molecule has 0 aromatic heterocycles. The topological polar surface area (TPSA) is 32.6 Å². The van der Waals surface area contributed by atoms with Gasteiger partial charge in [-0.25, -0.2) is 0 Å². The molecule has 0 aliphatic heterocycles. The maximum absolute atomic E-state index is 8.54. The fourth-order valence-electron chi connectivity index (χ4n) is 1.27. The molecule has 0 heterocycles. The summed E-state index contributed by atoms with van der Waals surface area (Å²) in [6, 6.07) is 9.89. The molecule has 0 spiro atoms. The first-order chi connectivity index (χ1) is 6.74. The molecule has 1 aromatic carbocycles. The Kier molecular flexibility index (Phi) is 3.92. The zero-order valence-corrected chi connectivity index (χ0v) is 8.51. The van der Waals surface area contributed by atoms with Gasteiger partial charge >= 0.3 is 0 Å². The highest BCUT2D eigenvalue weighted by molar-refractivity contribution is 6.09. The average molecular weight is 189 g/mol. The van der Waals surface area contributed by atoms with Gasteiger partial charge in [-0.15, -0.1) is 0 Å². The number of nitrogens with zero attached hydrogens (tertiary/aromatic N) is 1. The van der Waals surface area contributed by atoms with Crippen molar-refractivity contribution < 1.29 is 5.21 Å². The fourth-order valence-corrected chi connectivity index (χ4v) is 1.27. The highest BCUT2D eigenvalue weighted by Gasteiger charge is 1.98. The Balaban J connectivity index is 3.01. The molecular weight excluding hydrogens is 174 g/mol. The van der Waals surface area contributed by atoms with Gasteiger partial charge in [0.25, 0.3) is 0 Å². The van der Waals surface area contributed by atoms with Crippen molar-refractivity contribution in [1.29, 1.82) is 0 Å². The van der Waals surface area contributed by atoms with Gasteiger partial charge in [-0.1, -0.05) is 55.4 Å². The average Bonchev–Trinajstić information content (AvgIpc) is 2.18. The van der Waals surface area contributed by atoms with Crippen LogP contribution < -0.4 is 0 Å². The van der Waals surface area contributed by atoms with Crippen LogP contribution in [-0.4, -0.2) is 11.4 Å². The zero-order chi connectivity index (χ0) is 10.4. The Bertz CT molecular complexity index is 325. The lowest BCUT2D eigenvalue weighted by atomic mass is 10.0. The second-order valence-electron chi connectivity index (χ2n) is 3.48. The molecule has 1 N–H and O–H groups in total. The van der Waals surface area contributed by atoms with Crippen LogP contribution in [0.3, 0.4) is 0 Å². The third-order valence-corrected chi connectivity index (χ3v) is 1.82. The Morgan fingerprint density at radius 1 is 1.29 bits per heavy atom. The molecule has 0 unspecified atom stereocenters. The van der Waals surface area contributed by atoms with Crippen molar-refractivity contribution >= 4 is 11.8 Å². The number of hydrogen-bond acceptors (Lipinski definition) is 2. The molecule has 0 atom stereocenters. The number of rotatable bonds is 3. The van der Waals surface area contributed by atoms with Gasteiger partial charge in [-0.2, -0.15) is 0 Å². The minimum atomic E-state index is 0.434. The van der Waals surface area contributed by atoms with E-state index in [-0.39, 0.29) is 0 Å². The first-order valence-electron chi connectivity index (χ1n) is 4.68. The van der Waals surface area contributed by atoms with Crippen molar-refractivity contribution in [3.05, 3.63) is 42.0 Å². The van der Waals surface area contributed by atoms with E-state index in [9.17, 15) is 0 Å². The van der Waals surface area contributed by atoms with Gasteiger partial charge in [0.15, 0.2) is 0 Å². The molecule has 74 valence electrons. The Morgan fingerprint density at radius 2 is 1.93 bits per heavy atom. The molecular formula is C12H15NO. The van der Waals surface area contributed by atoms with E-state index in [1.807, 2.05) is 30.3 Å². The van der Waals surface area contributed by atoms with Gasteiger partial charge < -0.3 is 5.21 Å². The summed E-state index contributed by atoms with van der Waals surface area (Å²) in [7, 11) is 0. The van der Waals surface area contributed by atoms with Crippen molar-refractivity contribution in [3.8, 4) is 0 Å². The summed E-state index contributed by atoms with van der Waals surface area (Å²) in [4.78, 5) is 0. The number of benzene rings is 1. The van der Waals surface area contributed by atoms with E-state index in [0.29, 0.717) is 5.92 Å². The van der Waals surface area contributed by atoms with Crippen LogP contribution in [0.5, 0.6) is 0 Å². The van der Waals surface area contributed by atoms with Gasteiger partial charge in [0.1, 0.15) is 0 Å². The van der Waals surface area contributed by atoms with Crippen LogP contribution in [0.4, 0.5) is 0 Å². The molecule has 0 fully saturated rings. The van der Waals surface area contributed by atoms with Crippen LogP contribution in [0, 0.1) is 5.92 Å². The monoisotopic (exact) mass is 189 g/mol. The summed E-state index contributed by atoms with van der Waals surface area (Å²) in [5, 5.41) is 11.6. The van der Waals surface area contributed by atoms with E-state index in [2.05, 4.69) is 25.1 Å². The molecule has 0 aliphatic carbocycles. The van der Waals surface area contributed by atoms with Crippen molar-refractivity contribution in [2.45, 2.75) is 13.8 Å². The van der Waals surface area contributed by atoms with E-state index in [1.54, 1.807) is 0 Å². The maximum Gasteiger partial charge on any atom is 0.0736 e.